The highest BCUT2D eigenvalue weighted by atomic mass is 35.5. The number of anilines is 1. The normalized spacial score (nSPS) is 19.7. The second-order valence-electron chi connectivity index (χ2n) is 5.66. The van der Waals surface area contributed by atoms with Gasteiger partial charge in [0.1, 0.15) is 0 Å². The number of fused-ring (bicyclic) bond motifs is 1. The van der Waals surface area contributed by atoms with Crippen LogP contribution in [0.3, 0.4) is 0 Å². The molecule has 0 bridgehead atoms. The number of likely N-dealkylation sites (N-methyl/N-ethyl adjacent to an activating group) is 1. The quantitative estimate of drug-likeness (QED) is 0.735. The molecule has 0 aromatic heterocycles. The van der Waals surface area contributed by atoms with Gasteiger partial charge < -0.3 is 22.6 Å². The predicted octanol–water partition coefficient (Wildman–Crippen LogP) is -1.46. The van der Waals surface area contributed by atoms with E-state index in [9.17, 15) is 4.79 Å². The molecule has 3 nitrogen and oxygen atoms in total. The average molecular weight is 317 g/mol. The van der Waals surface area contributed by atoms with Crippen LogP contribution in [0.2, 0.25) is 0 Å². The second-order valence-corrected chi connectivity index (χ2v) is 5.66. The maximum atomic E-state index is 13.1. The van der Waals surface area contributed by atoms with Crippen molar-refractivity contribution in [3.8, 4) is 0 Å². The molecule has 2 aromatic rings. The Labute approximate surface area is 137 Å². The van der Waals surface area contributed by atoms with Crippen LogP contribution in [0.25, 0.3) is 0 Å². The standard InChI is InChI=1S/C18H20N2O.ClH/c1-18(14-8-4-3-5-9-14)15-10-6-7-11-16(15)20(17(18)21)13-12-19-2;/h3-11,19H,12-13H2,1-2H3;1H. The number of carbonyl (C=O) groups is 1. The van der Waals surface area contributed by atoms with Crippen LogP contribution in [-0.4, -0.2) is 26.0 Å². The first-order valence-corrected chi connectivity index (χ1v) is 7.44. The molecule has 2 N–H and O–H groups in total. The number of rotatable bonds is 4. The molecule has 3 rings (SSSR count). The van der Waals surface area contributed by atoms with Crippen LogP contribution in [0.4, 0.5) is 5.69 Å². The molecule has 1 atom stereocenters. The van der Waals surface area contributed by atoms with Crippen molar-refractivity contribution in [1.29, 1.82) is 0 Å². The number of amides is 1. The summed E-state index contributed by atoms with van der Waals surface area (Å²) in [6.45, 7) is 3.69. The molecule has 0 saturated carbocycles. The number of para-hydroxylation sites is 1. The van der Waals surface area contributed by atoms with Crippen LogP contribution in [0, 0.1) is 0 Å². The number of hydrogen-bond acceptors (Lipinski definition) is 1. The van der Waals surface area contributed by atoms with Gasteiger partial charge in [-0.05, 0) is 24.1 Å². The topological polar surface area (TPSA) is 36.9 Å². The van der Waals surface area contributed by atoms with Crippen LogP contribution in [0.15, 0.2) is 54.6 Å². The monoisotopic (exact) mass is 316 g/mol. The first kappa shape index (κ1) is 16.5. The lowest BCUT2D eigenvalue weighted by Crippen LogP contribution is -3.00. The molecule has 0 radical (unpaired) electrons. The Bertz CT molecular complexity index is 659. The van der Waals surface area contributed by atoms with Gasteiger partial charge in [-0.2, -0.15) is 0 Å². The lowest BCUT2D eigenvalue weighted by Gasteiger charge is -2.24. The largest absolute Gasteiger partial charge is 1.00 e. The van der Waals surface area contributed by atoms with Gasteiger partial charge in [0.25, 0.3) is 0 Å². The maximum absolute atomic E-state index is 13.1. The number of quaternary nitrogens is 1. The molecule has 0 fully saturated rings. The summed E-state index contributed by atoms with van der Waals surface area (Å²) < 4.78 is 0. The number of benzene rings is 2. The number of nitrogens with two attached hydrogens (primary N) is 1. The molecule has 1 aliphatic rings. The molecule has 0 spiro atoms. The Balaban J connectivity index is 0.00000176. The highest BCUT2D eigenvalue weighted by molar-refractivity contribution is 6.10. The van der Waals surface area contributed by atoms with E-state index < -0.39 is 5.41 Å². The van der Waals surface area contributed by atoms with Gasteiger partial charge in [0, 0.05) is 5.69 Å². The lowest BCUT2D eigenvalue weighted by atomic mass is 9.77. The van der Waals surface area contributed by atoms with Gasteiger partial charge in [-0.3, -0.25) is 4.79 Å². The first-order valence-electron chi connectivity index (χ1n) is 7.44. The van der Waals surface area contributed by atoms with Crippen LogP contribution in [0.5, 0.6) is 0 Å². The minimum Gasteiger partial charge on any atom is -1.00 e. The van der Waals surface area contributed by atoms with Gasteiger partial charge in [-0.1, -0.05) is 48.5 Å². The Morgan fingerprint density at radius 1 is 1.05 bits per heavy atom. The fourth-order valence-corrected chi connectivity index (χ4v) is 3.16. The van der Waals surface area contributed by atoms with E-state index in [0.29, 0.717) is 0 Å². The molecular weight excluding hydrogens is 296 g/mol. The Morgan fingerprint density at radius 2 is 1.68 bits per heavy atom. The molecule has 4 heteroatoms. The van der Waals surface area contributed by atoms with Crippen LogP contribution < -0.4 is 22.6 Å². The van der Waals surface area contributed by atoms with Crippen molar-refractivity contribution in [3.05, 3.63) is 65.7 Å². The van der Waals surface area contributed by atoms with E-state index >= 15 is 0 Å². The van der Waals surface area contributed by atoms with E-state index in [1.807, 2.05) is 61.3 Å². The van der Waals surface area contributed by atoms with Gasteiger partial charge in [-0.15, -0.1) is 0 Å². The zero-order valence-electron chi connectivity index (χ0n) is 12.9. The van der Waals surface area contributed by atoms with Crippen LogP contribution >= 0.6 is 0 Å². The summed E-state index contributed by atoms with van der Waals surface area (Å²) in [5, 5.41) is 2.11. The maximum Gasteiger partial charge on any atom is 0.242 e. The van der Waals surface area contributed by atoms with Gasteiger partial charge >= 0.3 is 0 Å². The highest BCUT2D eigenvalue weighted by Crippen LogP contribution is 2.45. The lowest BCUT2D eigenvalue weighted by molar-refractivity contribution is -0.624. The summed E-state index contributed by atoms with van der Waals surface area (Å²) in [5.41, 5.74) is 2.64. The van der Waals surface area contributed by atoms with Crippen molar-refractivity contribution in [2.45, 2.75) is 12.3 Å². The van der Waals surface area contributed by atoms with Crippen molar-refractivity contribution < 1.29 is 22.5 Å². The Hall–Kier alpha value is -1.84. The van der Waals surface area contributed by atoms with E-state index in [1.165, 1.54) is 0 Å². The van der Waals surface area contributed by atoms with Gasteiger partial charge in [0.05, 0.1) is 25.6 Å². The summed E-state index contributed by atoms with van der Waals surface area (Å²) in [6.07, 6.45) is 0. The minimum absolute atomic E-state index is 0. The third-order valence-electron chi connectivity index (χ3n) is 4.40. The van der Waals surface area contributed by atoms with Crippen molar-refractivity contribution in [1.82, 2.24) is 0 Å². The predicted molar refractivity (Wildman–Crippen MR) is 84.4 cm³/mol. The second kappa shape index (κ2) is 6.51. The minimum atomic E-state index is -0.578. The summed E-state index contributed by atoms with van der Waals surface area (Å²) in [5.74, 6) is 0.178. The molecular formula is C18H21ClN2O. The Morgan fingerprint density at radius 3 is 2.36 bits per heavy atom. The summed E-state index contributed by atoms with van der Waals surface area (Å²) in [6, 6.07) is 18.2. The zero-order valence-corrected chi connectivity index (χ0v) is 13.7. The van der Waals surface area contributed by atoms with E-state index in [0.717, 1.165) is 29.9 Å². The Kier molecular flexibility index (Phi) is 4.89. The number of carbonyl (C=O) groups excluding carboxylic acids is 1. The molecule has 1 heterocycles. The van der Waals surface area contributed by atoms with Crippen molar-refractivity contribution in [2.24, 2.45) is 0 Å². The number of hydrogen-bond donors (Lipinski definition) is 1. The molecule has 116 valence electrons. The SMILES string of the molecule is C[NH2+]CCN1C(=O)C(C)(c2ccccc2)c2ccccc21.[Cl-]. The van der Waals surface area contributed by atoms with Crippen LogP contribution in [-0.2, 0) is 10.2 Å². The molecule has 0 aliphatic carbocycles. The molecule has 0 saturated heterocycles. The average Bonchev–Trinajstić information content (AvgIpc) is 2.76. The zero-order chi connectivity index (χ0) is 14.9. The fraction of sp³-hybridized carbons (Fsp3) is 0.278. The summed E-state index contributed by atoms with van der Waals surface area (Å²) in [4.78, 5) is 15.0. The van der Waals surface area contributed by atoms with E-state index in [2.05, 4.69) is 17.4 Å². The highest BCUT2D eigenvalue weighted by Gasteiger charge is 2.48. The van der Waals surface area contributed by atoms with Gasteiger partial charge in [0.15, 0.2) is 0 Å². The smallest absolute Gasteiger partial charge is 0.242 e. The van der Waals surface area contributed by atoms with Crippen molar-refractivity contribution in [2.75, 3.05) is 25.0 Å². The van der Waals surface area contributed by atoms with Crippen molar-refractivity contribution in [3.63, 3.8) is 0 Å². The van der Waals surface area contributed by atoms with Crippen molar-refractivity contribution >= 4 is 11.6 Å². The summed E-state index contributed by atoms with van der Waals surface area (Å²) in [7, 11) is 2.03. The van der Waals surface area contributed by atoms with E-state index in [-0.39, 0.29) is 18.3 Å². The van der Waals surface area contributed by atoms with Gasteiger partial charge in [0.2, 0.25) is 5.91 Å². The third kappa shape index (κ3) is 2.40. The number of nitrogens with zero attached hydrogens (tertiary/aromatic N) is 1. The van der Waals surface area contributed by atoms with Crippen LogP contribution in [0.1, 0.15) is 18.1 Å². The van der Waals surface area contributed by atoms with E-state index in [1.54, 1.807) is 0 Å². The molecule has 2 aromatic carbocycles. The molecule has 1 unspecified atom stereocenters. The fourth-order valence-electron chi connectivity index (χ4n) is 3.16. The van der Waals surface area contributed by atoms with Gasteiger partial charge in [-0.25, -0.2) is 0 Å². The molecule has 22 heavy (non-hydrogen) atoms. The molecule has 1 aliphatic heterocycles. The first-order chi connectivity index (χ1) is 10.2. The van der Waals surface area contributed by atoms with E-state index in [4.69, 9.17) is 0 Å². The third-order valence-corrected chi connectivity index (χ3v) is 4.40. The number of halogens is 1. The molecule has 1 amide bonds. The summed E-state index contributed by atoms with van der Waals surface area (Å²) >= 11 is 0.